The molecule has 1 heteroatoms. The van der Waals surface area contributed by atoms with E-state index in [1.807, 2.05) is 6.08 Å². The third kappa shape index (κ3) is 1.28. The molecule has 0 unspecified atom stereocenters. The van der Waals surface area contributed by atoms with Gasteiger partial charge in [-0.25, -0.2) is 0 Å². The standard InChI is InChI=1S/C8H10O/c1-6(2)7-3-4-8(9)5-7/h3-6H,1-2H3. The predicted molar refractivity (Wildman–Crippen MR) is 37.1 cm³/mol. The minimum Gasteiger partial charge on any atom is -0.290 e. The van der Waals surface area contributed by atoms with Crippen LogP contribution in [-0.4, -0.2) is 5.78 Å². The highest BCUT2D eigenvalue weighted by molar-refractivity contribution is 6.03. The Kier molecular flexibility index (Phi) is 1.52. The summed E-state index contributed by atoms with van der Waals surface area (Å²) in [5.74, 6) is 0.603. The van der Waals surface area contributed by atoms with Gasteiger partial charge in [0.1, 0.15) is 0 Å². The van der Waals surface area contributed by atoms with Crippen molar-refractivity contribution in [3.05, 3.63) is 23.8 Å². The zero-order valence-electron chi connectivity index (χ0n) is 5.72. The van der Waals surface area contributed by atoms with Gasteiger partial charge in [0.05, 0.1) is 0 Å². The molecule has 0 heterocycles. The van der Waals surface area contributed by atoms with E-state index in [1.54, 1.807) is 12.2 Å². The van der Waals surface area contributed by atoms with Gasteiger partial charge in [-0.05, 0) is 23.6 Å². The summed E-state index contributed by atoms with van der Waals surface area (Å²) < 4.78 is 0. The number of rotatable bonds is 1. The summed E-state index contributed by atoms with van der Waals surface area (Å²) >= 11 is 0. The molecule has 0 aromatic rings. The second-order valence-corrected chi connectivity index (χ2v) is 2.53. The van der Waals surface area contributed by atoms with Gasteiger partial charge in [0, 0.05) is 0 Å². The molecule has 1 aliphatic carbocycles. The van der Waals surface area contributed by atoms with E-state index in [4.69, 9.17) is 0 Å². The molecule has 1 nitrogen and oxygen atoms in total. The number of carbonyl (C=O) groups excluding carboxylic acids is 1. The fraction of sp³-hybridized carbons (Fsp3) is 0.375. The maximum absolute atomic E-state index is 10.6. The Labute approximate surface area is 55.1 Å². The van der Waals surface area contributed by atoms with Crippen LogP contribution in [0.4, 0.5) is 0 Å². The number of hydrogen-bond donors (Lipinski definition) is 0. The summed E-state index contributed by atoms with van der Waals surface area (Å²) in [6.07, 6.45) is 5.17. The third-order valence-corrected chi connectivity index (χ3v) is 1.42. The number of allylic oxidation sites excluding steroid dienone is 4. The van der Waals surface area contributed by atoms with Gasteiger partial charge in [-0.1, -0.05) is 19.9 Å². The van der Waals surface area contributed by atoms with Crippen LogP contribution in [0.3, 0.4) is 0 Å². The van der Waals surface area contributed by atoms with Crippen LogP contribution in [0.25, 0.3) is 0 Å². The Balaban J connectivity index is 2.75. The van der Waals surface area contributed by atoms with Gasteiger partial charge in [0.15, 0.2) is 5.78 Å². The van der Waals surface area contributed by atoms with Crippen LogP contribution < -0.4 is 0 Å². The number of hydrogen-bond acceptors (Lipinski definition) is 1. The van der Waals surface area contributed by atoms with Crippen LogP contribution >= 0.6 is 0 Å². The summed E-state index contributed by atoms with van der Waals surface area (Å²) in [7, 11) is 0. The van der Waals surface area contributed by atoms with Crippen molar-refractivity contribution in [3.63, 3.8) is 0 Å². The molecule has 1 rings (SSSR count). The summed E-state index contributed by atoms with van der Waals surface area (Å²) in [4.78, 5) is 10.6. The van der Waals surface area contributed by atoms with Gasteiger partial charge < -0.3 is 0 Å². The van der Waals surface area contributed by atoms with Crippen molar-refractivity contribution < 1.29 is 4.79 Å². The van der Waals surface area contributed by atoms with Gasteiger partial charge in [0.25, 0.3) is 0 Å². The molecule has 0 aromatic heterocycles. The molecule has 0 amide bonds. The van der Waals surface area contributed by atoms with Crippen LogP contribution in [0, 0.1) is 5.92 Å². The lowest BCUT2D eigenvalue weighted by atomic mass is 10.1. The van der Waals surface area contributed by atoms with Crippen molar-refractivity contribution in [3.8, 4) is 0 Å². The maximum atomic E-state index is 10.6. The van der Waals surface area contributed by atoms with E-state index in [0.717, 1.165) is 5.57 Å². The lowest BCUT2D eigenvalue weighted by molar-refractivity contribution is -0.110. The molecule has 0 bridgehead atoms. The lowest BCUT2D eigenvalue weighted by Crippen LogP contribution is -1.87. The molecule has 0 aliphatic heterocycles. The summed E-state index contributed by atoms with van der Waals surface area (Å²) in [6.45, 7) is 4.16. The van der Waals surface area contributed by atoms with Crippen molar-refractivity contribution in [1.29, 1.82) is 0 Å². The average molecular weight is 122 g/mol. The minimum atomic E-state index is 0.124. The molecule has 9 heavy (non-hydrogen) atoms. The highest BCUT2D eigenvalue weighted by Gasteiger charge is 2.06. The van der Waals surface area contributed by atoms with E-state index in [1.165, 1.54) is 0 Å². The fourth-order valence-corrected chi connectivity index (χ4v) is 0.798. The van der Waals surface area contributed by atoms with E-state index in [-0.39, 0.29) is 5.78 Å². The first-order chi connectivity index (χ1) is 4.20. The van der Waals surface area contributed by atoms with Crippen LogP contribution in [-0.2, 0) is 4.79 Å². The van der Waals surface area contributed by atoms with E-state index in [9.17, 15) is 4.79 Å². The topological polar surface area (TPSA) is 17.1 Å². The Bertz CT molecular complexity index is 185. The van der Waals surface area contributed by atoms with Crippen molar-refractivity contribution in [1.82, 2.24) is 0 Å². The second-order valence-electron chi connectivity index (χ2n) is 2.53. The monoisotopic (exact) mass is 122 g/mol. The molecular formula is C8H10O. The summed E-state index contributed by atoms with van der Waals surface area (Å²) in [5.41, 5.74) is 1.14. The van der Waals surface area contributed by atoms with E-state index in [0.29, 0.717) is 5.92 Å². The average Bonchev–Trinajstić information content (AvgIpc) is 2.14. The summed E-state index contributed by atoms with van der Waals surface area (Å²) in [6, 6.07) is 0. The zero-order chi connectivity index (χ0) is 6.85. The lowest BCUT2D eigenvalue weighted by Gasteiger charge is -1.99. The molecule has 0 aromatic carbocycles. The smallest absolute Gasteiger partial charge is 0.178 e. The van der Waals surface area contributed by atoms with E-state index < -0.39 is 0 Å². The fourth-order valence-electron chi connectivity index (χ4n) is 0.798. The Hall–Kier alpha value is -0.850. The highest BCUT2D eigenvalue weighted by atomic mass is 16.1. The first-order valence-corrected chi connectivity index (χ1v) is 3.14. The largest absolute Gasteiger partial charge is 0.290 e. The van der Waals surface area contributed by atoms with Crippen LogP contribution in [0.5, 0.6) is 0 Å². The van der Waals surface area contributed by atoms with E-state index in [2.05, 4.69) is 13.8 Å². The van der Waals surface area contributed by atoms with Gasteiger partial charge in [-0.2, -0.15) is 0 Å². The van der Waals surface area contributed by atoms with Crippen molar-refractivity contribution >= 4 is 5.78 Å². The first-order valence-electron chi connectivity index (χ1n) is 3.14. The quantitative estimate of drug-likeness (QED) is 0.517. The normalized spacial score (nSPS) is 17.2. The van der Waals surface area contributed by atoms with Gasteiger partial charge >= 0.3 is 0 Å². The predicted octanol–water partition coefficient (Wildman–Crippen LogP) is 1.71. The van der Waals surface area contributed by atoms with Gasteiger partial charge in [-0.15, -0.1) is 0 Å². The zero-order valence-corrected chi connectivity index (χ0v) is 5.72. The van der Waals surface area contributed by atoms with Gasteiger partial charge in [-0.3, -0.25) is 4.79 Å². The van der Waals surface area contributed by atoms with Crippen molar-refractivity contribution in [2.24, 2.45) is 5.92 Å². The second kappa shape index (κ2) is 2.18. The Morgan fingerprint density at radius 2 is 2.00 bits per heavy atom. The highest BCUT2D eigenvalue weighted by Crippen LogP contribution is 2.15. The Morgan fingerprint density at radius 1 is 1.33 bits per heavy atom. The first kappa shape index (κ1) is 6.27. The third-order valence-electron chi connectivity index (χ3n) is 1.42. The Morgan fingerprint density at radius 3 is 2.22 bits per heavy atom. The molecule has 48 valence electrons. The molecule has 0 saturated heterocycles. The van der Waals surface area contributed by atoms with Crippen LogP contribution in [0.1, 0.15) is 13.8 Å². The summed E-state index contributed by atoms with van der Waals surface area (Å²) in [5, 5.41) is 0. The molecule has 0 atom stereocenters. The molecule has 0 radical (unpaired) electrons. The maximum Gasteiger partial charge on any atom is 0.178 e. The van der Waals surface area contributed by atoms with E-state index >= 15 is 0 Å². The van der Waals surface area contributed by atoms with Gasteiger partial charge in [0.2, 0.25) is 0 Å². The van der Waals surface area contributed by atoms with Crippen molar-refractivity contribution in [2.45, 2.75) is 13.8 Å². The number of ketones is 1. The number of carbonyl (C=O) groups is 1. The van der Waals surface area contributed by atoms with Crippen LogP contribution in [0.15, 0.2) is 23.8 Å². The SMILES string of the molecule is CC(C)C1=CC(=O)C=C1. The van der Waals surface area contributed by atoms with Crippen LogP contribution in [0.2, 0.25) is 0 Å². The molecule has 0 spiro atoms. The molecule has 0 saturated carbocycles. The molecule has 1 aliphatic rings. The minimum absolute atomic E-state index is 0.124. The molecule has 0 fully saturated rings. The van der Waals surface area contributed by atoms with Crippen molar-refractivity contribution in [2.75, 3.05) is 0 Å². The molecule has 0 N–H and O–H groups in total. The molecular weight excluding hydrogens is 112 g/mol.